The van der Waals surface area contributed by atoms with Crippen molar-refractivity contribution in [3.8, 4) is 0 Å². The van der Waals surface area contributed by atoms with E-state index in [1.54, 1.807) is 30.9 Å². The molecule has 1 unspecified atom stereocenters. The molecule has 1 fully saturated rings. The highest BCUT2D eigenvalue weighted by Crippen LogP contribution is 2.46. The maximum atomic E-state index is 13.5. The SMILES string of the molecule is CC(C)C(N)C(=O)OC(C)(C)CNC(=O)N[C@@H](C(=O)N1CC[C@](O)(c2ccc(Cl)cc2)C(C)(C)C1)C(C)C. The summed E-state index contributed by atoms with van der Waals surface area (Å²) >= 11 is 6.03. The fourth-order valence-electron chi connectivity index (χ4n) is 4.62. The van der Waals surface area contributed by atoms with Crippen LogP contribution in [0.2, 0.25) is 5.02 Å². The summed E-state index contributed by atoms with van der Waals surface area (Å²) in [4.78, 5) is 40.2. The van der Waals surface area contributed by atoms with Gasteiger partial charge in [-0.15, -0.1) is 0 Å². The molecule has 1 aromatic rings. The number of aliphatic hydroxyl groups is 1. The van der Waals surface area contributed by atoms with Gasteiger partial charge in [-0.2, -0.15) is 0 Å². The summed E-state index contributed by atoms with van der Waals surface area (Å²) in [6, 6.07) is 5.08. The highest BCUT2D eigenvalue weighted by atomic mass is 35.5. The number of carbonyl (C=O) groups excluding carboxylic acids is 3. The van der Waals surface area contributed by atoms with Gasteiger partial charge in [0.2, 0.25) is 5.91 Å². The molecular weight excluding hydrogens is 508 g/mol. The van der Waals surface area contributed by atoms with Crippen LogP contribution in [0.1, 0.15) is 67.4 Å². The molecule has 1 aliphatic rings. The summed E-state index contributed by atoms with van der Waals surface area (Å²) in [5.41, 5.74) is 3.86. The molecule has 5 N–H and O–H groups in total. The van der Waals surface area contributed by atoms with Gasteiger partial charge in [-0.1, -0.05) is 65.3 Å². The van der Waals surface area contributed by atoms with E-state index in [0.717, 1.165) is 5.56 Å². The molecule has 0 saturated carbocycles. The van der Waals surface area contributed by atoms with Crippen molar-refractivity contribution in [1.82, 2.24) is 15.5 Å². The fraction of sp³-hybridized carbons (Fsp3) is 0.679. The monoisotopic (exact) mass is 552 g/mol. The summed E-state index contributed by atoms with van der Waals surface area (Å²) in [7, 11) is 0. The predicted octanol–water partition coefficient (Wildman–Crippen LogP) is 3.42. The molecule has 0 aromatic heterocycles. The van der Waals surface area contributed by atoms with Gasteiger partial charge in [-0.3, -0.25) is 9.59 Å². The molecule has 10 heteroatoms. The predicted molar refractivity (Wildman–Crippen MR) is 148 cm³/mol. The summed E-state index contributed by atoms with van der Waals surface area (Å²) < 4.78 is 5.48. The molecule has 2 rings (SSSR count). The number of ether oxygens (including phenoxy) is 1. The molecule has 0 spiro atoms. The number of amides is 3. The van der Waals surface area contributed by atoms with Crippen LogP contribution in [0, 0.1) is 17.3 Å². The number of hydrogen-bond donors (Lipinski definition) is 4. The number of esters is 1. The van der Waals surface area contributed by atoms with Crippen LogP contribution in [-0.2, 0) is 19.9 Å². The van der Waals surface area contributed by atoms with Crippen molar-refractivity contribution >= 4 is 29.5 Å². The van der Waals surface area contributed by atoms with Crippen LogP contribution in [0.15, 0.2) is 24.3 Å². The van der Waals surface area contributed by atoms with E-state index in [2.05, 4.69) is 10.6 Å². The van der Waals surface area contributed by atoms with Gasteiger partial charge in [0, 0.05) is 23.5 Å². The van der Waals surface area contributed by atoms with Gasteiger partial charge in [0.1, 0.15) is 17.7 Å². The second-order valence-corrected chi connectivity index (χ2v) is 12.7. The molecule has 9 nitrogen and oxygen atoms in total. The van der Waals surface area contributed by atoms with E-state index in [1.165, 1.54) is 0 Å². The Hall–Kier alpha value is -2.36. The third-order valence-electron chi connectivity index (χ3n) is 7.34. The first-order valence-electron chi connectivity index (χ1n) is 13.2. The topological polar surface area (TPSA) is 134 Å². The number of piperidine rings is 1. The highest BCUT2D eigenvalue weighted by Gasteiger charge is 2.50. The lowest BCUT2D eigenvalue weighted by molar-refractivity contribution is -0.158. The van der Waals surface area contributed by atoms with Crippen LogP contribution in [0.3, 0.4) is 0 Å². The Labute approximate surface area is 231 Å². The van der Waals surface area contributed by atoms with E-state index < -0.39 is 40.7 Å². The third-order valence-corrected chi connectivity index (χ3v) is 7.60. The van der Waals surface area contributed by atoms with Gasteiger partial charge in [0.05, 0.1) is 12.1 Å². The molecule has 3 atom stereocenters. The minimum absolute atomic E-state index is 0.0409. The number of nitrogens with two attached hydrogens (primary N) is 1. The van der Waals surface area contributed by atoms with E-state index in [9.17, 15) is 19.5 Å². The van der Waals surface area contributed by atoms with Crippen molar-refractivity contribution in [2.24, 2.45) is 23.0 Å². The van der Waals surface area contributed by atoms with Crippen LogP contribution in [0.25, 0.3) is 0 Å². The Morgan fingerprint density at radius 2 is 1.71 bits per heavy atom. The van der Waals surface area contributed by atoms with Crippen molar-refractivity contribution in [1.29, 1.82) is 0 Å². The van der Waals surface area contributed by atoms with Gasteiger partial charge in [0.15, 0.2) is 0 Å². The lowest BCUT2D eigenvalue weighted by Crippen LogP contribution is -2.61. The van der Waals surface area contributed by atoms with Gasteiger partial charge in [0.25, 0.3) is 0 Å². The Morgan fingerprint density at radius 3 is 2.21 bits per heavy atom. The Morgan fingerprint density at radius 1 is 1.13 bits per heavy atom. The highest BCUT2D eigenvalue weighted by molar-refractivity contribution is 6.30. The lowest BCUT2D eigenvalue weighted by Gasteiger charge is -2.51. The smallest absolute Gasteiger partial charge is 0.323 e. The lowest BCUT2D eigenvalue weighted by atomic mass is 9.66. The van der Waals surface area contributed by atoms with Crippen molar-refractivity contribution in [2.45, 2.75) is 85.1 Å². The number of likely N-dealkylation sites (tertiary alicyclic amines) is 1. The molecular formula is C28H45ClN4O5. The van der Waals surface area contributed by atoms with Crippen LogP contribution in [0.5, 0.6) is 0 Å². The molecule has 1 aliphatic heterocycles. The first-order valence-corrected chi connectivity index (χ1v) is 13.6. The van der Waals surface area contributed by atoms with E-state index in [4.69, 9.17) is 22.1 Å². The molecule has 0 aliphatic carbocycles. The number of nitrogens with one attached hydrogen (secondary N) is 2. The largest absolute Gasteiger partial charge is 0.457 e. The van der Waals surface area contributed by atoms with Crippen molar-refractivity contribution in [2.75, 3.05) is 19.6 Å². The summed E-state index contributed by atoms with van der Waals surface area (Å²) in [6.45, 7) is 15.3. The Kier molecular flexibility index (Phi) is 10.2. The minimum atomic E-state index is -1.13. The average molecular weight is 553 g/mol. The number of urea groups is 1. The molecule has 1 heterocycles. The van der Waals surface area contributed by atoms with Crippen molar-refractivity contribution in [3.63, 3.8) is 0 Å². The average Bonchev–Trinajstić information content (AvgIpc) is 2.81. The van der Waals surface area contributed by atoms with Crippen molar-refractivity contribution in [3.05, 3.63) is 34.9 Å². The molecule has 3 amide bonds. The first kappa shape index (κ1) is 31.9. The molecule has 1 aromatic carbocycles. The maximum absolute atomic E-state index is 13.5. The number of benzene rings is 1. The van der Waals surface area contributed by atoms with Crippen LogP contribution in [0.4, 0.5) is 4.79 Å². The second-order valence-electron chi connectivity index (χ2n) is 12.3. The third kappa shape index (κ3) is 7.61. The first-order chi connectivity index (χ1) is 17.4. The maximum Gasteiger partial charge on any atom is 0.323 e. The molecule has 0 bridgehead atoms. The number of nitrogens with zero attached hydrogens (tertiary/aromatic N) is 1. The fourth-order valence-corrected chi connectivity index (χ4v) is 4.74. The Bertz CT molecular complexity index is 995. The van der Waals surface area contributed by atoms with Gasteiger partial charge < -0.3 is 31.1 Å². The molecule has 214 valence electrons. The standard InChI is InChI=1S/C28H45ClN4O5/c1-17(2)21(30)24(35)38-27(7,8)15-31-25(36)32-22(18(3)4)23(34)33-14-13-28(37,26(5,6)16-33)19-9-11-20(29)12-10-19/h9-12,17-18,21-22,37H,13-16,30H2,1-8H3,(H2,31,32,36)/t21?,22-,28+/m1/s1. The zero-order valence-corrected chi connectivity index (χ0v) is 24.7. The van der Waals surface area contributed by atoms with Gasteiger partial charge in [-0.25, -0.2) is 4.79 Å². The van der Waals surface area contributed by atoms with E-state index in [-0.39, 0.29) is 24.3 Å². The van der Waals surface area contributed by atoms with Gasteiger partial charge in [-0.05, 0) is 49.8 Å². The molecule has 1 saturated heterocycles. The van der Waals surface area contributed by atoms with E-state index >= 15 is 0 Å². The summed E-state index contributed by atoms with van der Waals surface area (Å²) in [5, 5.41) is 17.7. The van der Waals surface area contributed by atoms with Crippen molar-refractivity contribution < 1.29 is 24.2 Å². The quantitative estimate of drug-likeness (QED) is 0.347. The normalized spacial score (nSPS) is 21.1. The summed E-state index contributed by atoms with van der Waals surface area (Å²) in [6.07, 6.45) is 0.350. The number of carbonyl (C=O) groups is 3. The zero-order valence-electron chi connectivity index (χ0n) is 23.9. The summed E-state index contributed by atoms with van der Waals surface area (Å²) in [5.74, 6) is -0.999. The van der Waals surface area contributed by atoms with Gasteiger partial charge >= 0.3 is 12.0 Å². The van der Waals surface area contributed by atoms with E-state index in [1.807, 2.05) is 53.7 Å². The number of rotatable bonds is 9. The van der Waals surface area contributed by atoms with Crippen LogP contribution in [-0.4, -0.2) is 65.2 Å². The number of halogens is 1. The van der Waals surface area contributed by atoms with Crippen LogP contribution < -0.4 is 16.4 Å². The Balaban J connectivity index is 2.03. The molecule has 0 radical (unpaired) electrons. The second kappa shape index (κ2) is 12.2. The number of hydrogen-bond acceptors (Lipinski definition) is 6. The van der Waals surface area contributed by atoms with Crippen LogP contribution >= 0.6 is 11.6 Å². The van der Waals surface area contributed by atoms with E-state index in [0.29, 0.717) is 24.5 Å². The molecule has 38 heavy (non-hydrogen) atoms. The minimum Gasteiger partial charge on any atom is -0.457 e. The zero-order chi connectivity index (χ0) is 29.1.